The van der Waals surface area contributed by atoms with Gasteiger partial charge in [-0.2, -0.15) is 0 Å². The van der Waals surface area contributed by atoms with Crippen LogP contribution < -0.4 is 10.0 Å². The Bertz CT molecular complexity index is 1200. The number of benzene rings is 3. The normalized spacial score (nSPS) is 11.3. The molecule has 1 amide bonds. The van der Waals surface area contributed by atoms with Gasteiger partial charge in [-0.15, -0.1) is 0 Å². The maximum Gasteiger partial charge on any atom is 0.261 e. The second-order valence-electron chi connectivity index (χ2n) is 7.97. The zero-order chi connectivity index (χ0) is 24.0. The molecule has 174 valence electrons. The van der Waals surface area contributed by atoms with E-state index in [1.165, 1.54) is 0 Å². The number of rotatable bonds is 9. The topological polar surface area (TPSA) is 75.3 Å². The van der Waals surface area contributed by atoms with Crippen LogP contribution in [0.4, 0.5) is 11.4 Å². The Hall–Kier alpha value is -2.64. The van der Waals surface area contributed by atoms with Gasteiger partial charge in [-0.25, -0.2) is 8.42 Å². The summed E-state index contributed by atoms with van der Waals surface area (Å²) in [5.74, 6) is -0.0561. The van der Waals surface area contributed by atoms with Crippen LogP contribution in [0.15, 0.2) is 70.0 Å². The van der Waals surface area contributed by atoms with Gasteiger partial charge in [0, 0.05) is 22.3 Å². The fourth-order valence-electron chi connectivity index (χ4n) is 3.57. The highest BCUT2D eigenvalue weighted by Gasteiger charge is 2.15. The van der Waals surface area contributed by atoms with Gasteiger partial charge in [0.2, 0.25) is 5.91 Å². The van der Waals surface area contributed by atoms with Crippen molar-refractivity contribution in [1.82, 2.24) is 0 Å². The van der Waals surface area contributed by atoms with Crippen LogP contribution in [0, 0.1) is 6.92 Å². The molecule has 3 aromatic rings. The van der Waals surface area contributed by atoms with Crippen LogP contribution in [-0.2, 0) is 34.1 Å². The van der Waals surface area contributed by atoms with Gasteiger partial charge in [0.05, 0.1) is 4.90 Å². The Labute approximate surface area is 204 Å². The number of sulfonamides is 1. The molecule has 0 aliphatic heterocycles. The fraction of sp³-hybridized carbons (Fsp3) is 0.269. The van der Waals surface area contributed by atoms with Crippen molar-refractivity contribution in [2.24, 2.45) is 0 Å². The minimum Gasteiger partial charge on any atom is -0.326 e. The molecule has 0 saturated heterocycles. The first-order chi connectivity index (χ1) is 15.7. The van der Waals surface area contributed by atoms with Crippen LogP contribution in [0.5, 0.6) is 0 Å². The molecular formula is C26H29BrN2O3S. The minimum atomic E-state index is -3.67. The third-order valence-electron chi connectivity index (χ3n) is 5.47. The van der Waals surface area contributed by atoms with E-state index in [4.69, 9.17) is 0 Å². The number of hydrogen-bond donors (Lipinski definition) is 2. The molecule has 0 aliphatic carbocycles. The quantitative estimate of drug-likeness (QED) is 0.344. The number of hydrogen-bond acceptors (Lipinski definition) is 3. The Kier molecular flexibility index (Phi) is 8.32. The van der Waals surface area contributed by atoms with E-state index < -0.39 is 10.0 Å². The molecule has 0 spiro atoms. The first-order valence-electron chi connectivity index (χ1n) is 11.0. The maximum atomic E-state index is 12.6. The SMILES string of the molecule is CCc1cc(Br)cc(CC)c1NC(=O)CCc1ccc(S(=O)(=O)Nc2ccc(C)cc2)cc1. The summed E-state index contributed by atoms with van der Waals surface area (Å²) in [6.07, 6.45) is 2.50. The molecule has 5 nitrogen and oxygen atoms in total. The van der Waals surface area contributed by atoms with Gasteiger partial charge in [0.1, 0.15) is 0 Å². The Balaban J connectivity index is 1.63. The predicted molar refractivity (Wildman–Crippen MR) is 138 cm³/mol. The first-order valence-corrected chi connectivity index (χ1v) is 13.3. The third kappa shape index (κ3) is 6.68. The number of aryl methyl sites for hydroxylation is 4. The lowest BCUT2D eigenvalue weighted by Crippen LogP contribution is -2.15. The van der Waals surface area contributed by atoms with Gasteiger partial charge in [0.25, 0.3) is 10.0 Å². The highest BCUT2D eigenvalue weighted by Crippen LogP contribution is 2.28. The lowest BCUT2D eigenvalue weighted by Gasteiger charge is -2.15. The van der Waals surface area contributed by atoms with E-state index in [0.29, 0.717) is 18.5 Å². The van der Waals surface area contributed by atoms with E-state index in [9.17, 15) is 13.2 Å². The van der Waals surface area contributed by atoms with Gasteiger partial charge in [-0.3, -0.25) is 9.52 Å². The largest absolute Gasteiger partial charge is 0.326 e. The monoisotopic (exact) mass is 528 g/mol. The number of halogens is 1. The van der Waals surface area contributed by atoms with Gasteiger partial charge < -0.3 is 5.32 Å². The van der Waals surface area contributed by atoms with E-state index >= 15 is 0 Å². The summed E-state index contributed by atoms with van der Waals surface area (Å²) in [6.45, 7) is 6.09. The van der Waals surface area contributed by atoms with Crippen molar-refractivity contribution in [2.45, 2.75) is 51.3 Å². The van der Waals surface area contributed by atoms with Gasteiger partial charge in [-0.05, 0) is 79.3 Å². The van der Waals surface area contributed by atoms with Crippen molar-refractivity contribution in [3.63, 3.8) is 0 Å². The Morgan fingerprint density at radius 3 is 2.03 bits per heavy atom. The van der Waals surface area contributed by atoms with Crippen LogP contribution in [0.2, 0.25) is 0 Å². The highest BCUT2D eigenvalue weighted by molar-refractivity contribution is 9.10. The highest BCUT2D eigenvalue weighted by atomic mass is 79.9. The van der Waals surface area contributed by atoms with Crippen LogP contribution >= 0.6 is 15.9 Å². The summed E-state index contributed by atoms with van der Waals surface area (Å²) in [4.78, 5) is 12.8. The summed E-state index contributed by atoms with van der Waals surface area (Å²) in [7, 11) is -3.67. The lowest BCUT2D eigenvalue weighted by molar-refractivity contribution is -0.116. The van der Waals surface area contributed by atoms with Crippen LogP contribution in [0.25, 0.3) is 0 Å². The van der Waals surface area contributed by atoms with Gasteiger partial charge in [0.15, 0.2) is 0 Å². The van der Waals surface area contributed by atoms with E-state index in [1.54, 1.807) is 36.4 Å². The van der Waals surface area contributed by atoms with Crippen molar-refractivity contribution in [3.05, 3.63) is 87.4 Å². The molecule has 0 bridgehead atoms. The zero-order valence-electron chi connectivity index (χ0n) is 19.1. The number of carbonyl (C=O) groups excluding carboxylic acids is 1. The molecule has 0 radical (unpaired) electrons. The summed E-state index contributed by atoms with van der Waals surface area (Å²) in [6, 6.07) is 17.9. The molecule has 0 fully saturated rings. The molecule has 2 N–H and O–H groups in total. The molecule has 3 rings (SSSR count). The molecule has 3 aromatic carbocycles. The van der Waals surface area contributed by atoms with Crippen molar-refractivity contribution in [3.8, 4) is 0 Å². The van der Waals surface area contributed by atoms with E-state index in [0.717, 1.165) is 45.3 Å². The second kappa shape index (κ2) is 11.0. The van der Waals surface area contributed by atoms with Crippen LogP contribution in [0.1, 0.15) is 42.5 Å². The Morgan fingerprint density at radius 2 is 1.48 bits per heavy atom. The fourth-order valence-corrected chi connectivity index (χ4v) is 5.19. The molecule has 0 unspecified atom stereocenters. The van der Waals surface area contributed by atoms with Crippen molar-refractivity contribution in [2.75, 3.05) is 10.0 Å². The standard InChI is InChI=1S/C26H29BrN2O3S/c1-4-20-16-22(27)17-21(5-2)26(20)28-25(30)15-10-19-8-13-24(14-9-19)33(31,32)29-23-11-6-18(3)7-12-23/h6-9,11-14,16-17,29H,4-5,10,15H2,1-3H3,(H,28,30). The van der Waals surface area contributed by atoms with Crippen molar-refractivity contribution < 1.29 is 13.2 Å². The van der Waals surface area contributed by atoms with E-state index in [1.807, 2.05) is 31.2 Å². The predicted octanol–water partition coefficient (Wildman–Crippen LogP) is 6.25. The summed E-state index contributed by atoms with van der Waals surface area (Å²) in [5.41, 5.74) is 5.59. The number of nitrogens with one attached hydrogen (secondary N) is 2. The minimum absolute atomic E-state index is 0.0561. The first kappa shape index (κ1) is 25.0. The number of anilines is 2. The van der Waals surface area contributed by atoms with Crippen molar-refractivity contribution in [1.29, 1.82) is 0 Å². The third-order valence-corrected chi connectivity index (χ3v) is 7.33. The summed E-state index contributed by atoms with van der Waals surface area (Å²) >= 11 is 3.54. The number of carbonyl (C=O) groups is 1. The van der Waals surface area contributed by atoms with Gasteiger partial charge >= 0.3 is 0 Å². The van der Waals surface area contributed by atoms with Crippen molar-refractivity contribution >= 4 is 43.2 Å². The maximum absolute atomic E-state index is 12.6. The average Bonchev–Trinajstić information content (AvgIpc) is 2.80. The van der Waals surface area contributed by atoms with E-state index in [-0.39, 0.29) is 10.8 Å². The van der Waals surface area contributed by atoms with Crippen LogP contribution in [0.3, 0.4) is 0 Å². The lowest BCUT2D eigenvalue weighted by atomic mass is 10.0. The molecular weight excluding hydrogens is 500 g/mol. The number of amides is 1. The molecule has 0 saturated carbocycles. The molecule has 33 heavy (non-hydrogen) atoms. The molecule has 0 atom stereocenters. The molecule has 0 aromatic heterocycles. The van der Waals surface area contributed by atoms with E-state index in [2.05, 4.69) is 39.8 Å². The molecule has 0 aliphatic rings. The average molecular weight is 530 g/mol. The molecule has 7 heteroatoms. The molecule has 0 heterocycles. The van der Waals surface area contributed by atoms with Crippen LogP contribution in [-0.4, -0.2) is 14.3 Å². The van der Waals surface area contributed by atoms with Gasteiger partial charge in [-0.1, -0.05) is 59.6 Å². The Morgan fingerprint density at radius 1 is 0.909 bits per heavy atom. The summed E-state index contributed by atoms with van der Waals surface area (Å²) in [5, 5.41) is 3.08. The second-order valence-corrected chi connectivity index (χ2v) is 10.6. The summed E-state index contributed by atoms with van der Waals surface area (Å²) < 4.78 is 28.9. The zero-order valence-corrected chi connectivity index (χ0v) is 21.5. The smallest absolute Gasteiger partial charge is 0.261 e.